The van der Waals surface area contributed by atoms with E-state index >= 15 is 0 Å². The van der Waals surface area contributed by atoms with Crippen LogP contribution in [0.2, 0.25) is 0 Å². The van der Waals surface area contributed by atoms with Gasteiger partial charge in [0, 0.05) is 17.1 Å². The van der Waals surface area contributed by atoms with Gasteiger partial charge in [0.1, 0.15) is 11.9 Å². The second-order valence-corrected chi connectivity index (χ2v) is 5.13. The summed E-state index contributed by atoms with van der Waals surface area (Å²) in [6.07, 6.45) is 0. The largest absolute Gasteiger partial charge is 0.480 e. The fourth-order valence-electron chi connectivity index (χ4n) is 2.32. The van der Waals surface area contributed by atoms with Crippen molar-refractivity contribution in [3.05, 3.63) is 53.1 Å². The Hall–Kier alpha value is -2.63. The number of rotatable bonds is 4. The Balaban J connectivity index is 2.37. The van der Waals surface area contributed by atoms with E-state index in [1.54, 1.807) is 25.1 Å². The molecule has 1 aromatic carbocycles. The van der Waals surface area contributed by atoms with E-state index in [2.05, 4.69) is 5.32 Å². The van der Waals surface area contributed by atoms with Crippen molar-refractivity contribution in [3.8, 4) is 5.69 Å². The minimum Gasteiger partial charge on any atom is -0.480 e. The zero-order valence-corrected chi connectivity index (χ0v) is 12.6. The number of aliphatic carboxylic acids is 1. The molecule has 2 N–H and O–H groups in total. The van der Waals surface area contributed by atoms with Crippen molar-refractivity contribution in [1.29, 1.82) is 0 Å². The van der Waals surface area contributed by atoms with Crippen molar-refractivity contribution in [3.63, 3.8) is 0 Å². The fraction of sp³-hybridized carbons (Fsp3) is 0.250. The summed E-state index contributed by atoms with van der Waals surface area (Å²) in [4.78, 5) is 23.0. The molecule has 0 aliphatic carbocycles. The highest BCUT2D eigenvalue weighted by Crippen LogP contribution is 2.21. The molecule has 1 aromatic heterocycles. The lowest BCUT2D eigenvalue weighted by molar-refractivity contribution is -0.138. The van der Waals surface area contributed by atoms with Crippen LogP contribution in [-0.4, -0.2) is 27.6 Å². The molecule has 0 unspecified atom stereocenters. The summed E-state index contributed by atoms with van der Waals surface area (Å²) in [6, 6.07) is 6.65. The van der Waals surface area contributed by atoms with Gasteiger partial charge >= 0.3 is 5.97 Å². The monoisotopic (exact) mass is 304 g/mol. The van der Waals surface area contributed by atoms with Crippen LogP contribution < -0.4 is 5.32 Å². The summed E-state index contributed by atoms with van der Waals surface area (Å²) < 4.78 is 14.8. The molecule has 22 heavy (non-hydrogen) atoms. The minimum atomic E-state index is -1.10. The molecule has 0 bridgehead atoms. The summed E-state index contributed by atoms with van der Waals surface area (Å²) in [5.74, 6) is -1.88. The van der Waals surface area contributed by atoms with Crippen molar-refractivity contribution in [2.24, 2.45) is 0 Å². The Kier molecular flexibility index (Phi) is 4.30. The van der Waals surface area contributed by atoms with E-state index in [-0.39, 0.29) is 5.82 Å². The van der Waals surface area contributed by atoms with Crippen LogP contribution in [0.1, 0.15) is 28.7 Å². The average molecular weight is 304 g/mol. The normalized spacial score (nSPS) is 12.0. The lowest BCUT2D eigenvalue weighted by Gasteiger charge is -2.11. The van der Waals surface area contributed by atoms with Gasteiger partial charge in [-0.05, 0) is 51.1 Å². The Labute approximate surface area is 127 Å². The molecule has 6 heteroatoms. The van der Waals surface area contributed by atoms with Gasteiger partial charge in [0.05, 0.1) is 5.56 Å². The Morgan fingerprint density at radius 1 is 1.23 bits per heavy atom. The van der Waals surface area contributed by atoms with E-state index in [0.29, 0.717) is 11.3 Å². The molecule has 5 nitrogen and oxygen atoms in total. The van der Waals surface area contributed by atoms with E-state index in [0.717, 1.165) is 11.4 Å². The van der Waals surface area contributed by atoms with Crippen molar-refractivity contribution >= 4 is 11.9 Å². The van der Waals surface area contributed by atoms with Crippen molar-refractivity contribution < 1.29 is 19.1 Å². The predicted molar refractivity (Wildman–Crippen MR) is 79.8 cm³/mol. The Morgan fingerprint density at radius 2 is 1.82 bits per heavy atom. The Morgan fingerprint density at radius 3 is 2.36 bits per heavy atom. The number of hydrogen-bond acceptors (Lipinski definition) is 2. The van der Waals surface area contributed by atoms with E-state index in [9.17, 15) is 14.0 Å². The van der Waals surface area contributed by atoms with Crippen LogP contribution in [0.4, 0.5) is 4.39 Å². The second kappa shape index (κ2) is 6.01. The van der Waals surface area contributed by atoms with Crippen molar-refractivity contribution in [1.82, 2.24) is 9.88 Å². The first-order valence-electron chi connectivity index (χ1n) is 6.80. The Bertz CT molecular complexity index is 720. The molecule has 116 valence electrons. The molecule has 1 heterocycles. The van der Waals surface area contributed by atoms with Gasteiger partial charge in [0.25, 0.3) is 5.91 Å². The topological polar surface area (TPSA) is 71.3 Å². The highest BCUT2D eigenvalue weighted by molar-refractivity contribution is 5.98. The number of aromatic nitrogens is 1. The molecule has 1 amide bonds. The highest BCUT2D eigenvalue weighted by atomic mass is 19.1. The summed E-state index contributed by atoms with van der Waals surface area (Å²) >= 11 is 0. The van der Waals surface area contributed by atoms with Crippen LogP contribution in [0.5, 0.6) is 0 Å². The quantitative estimate of drug-likeness (QED) is 0.911. The van der Waals surface area contributed by atoms with Gasteiger partial charge in [0.2, 0.25) is 0 Å². The number of nitrogens with one attached hydrogen (secondary N) is 1. The smallest absolute Gasteiger partial charge is 0.325 e. The third-order valence-electron chi connectivity index (χ3n) is 3.48. The van der Waals surface area contributed by atoms with E-state index < -0.39 is 17.9 Å². The number of aryl methyl sites for hydroxylation is 1. The average Bonchev–Trinajstić information content (AvgIpc) is 2.75. The van der Waals surface area contributed by atoms with Crippen LogP contribution in [0.15, 0.2) is 30.3 Å². The maximum absolute atomic E-state index is 13.0. The van der Waals surface area contributed by atoms with Gasteiger partial charge in [-0.25, -0.2) is 4.39 Å². The van der Waals surface area contributed by atoms with E-state index in [1.807, 2.05) is 11.5 Å². The van der Waals surface area contributed by atoms with Gasteiger partial charge in [-0.2, -0.15) is 0 Å². The van der Waals surface area contributed by atoms with E-state index in [1.165, 1.54) is 19.1 Å². The SMILES string of the molecule is Cc1cc(C(=O)N[C@@H](C)C(=O)O)c(C)n1-c1ccc(F)cc1. The van der Waals surface area contributed by atoms with Gasteiger partial charge in [0.15, 0.2) is 0 Å². The van der Waals surface area contributed by atoms with Gasteiger partial charge in [-0.15, -0.1) is 0 Å². The summed E-state index contributed by atoms with van der Waals surface area (Å²) in [7, 11) is 0. The molecule has 1 atom stereocenters. The molecule has 0 aliphatic heterocycles. The minimum absolute atomic E-state index is 0.334. The molecular weight excluding hydrogens is 287 g/mol. The first-order valence-corrected chi connectivity index (χ1v) is 6.80. The first-order chi connectivity index (χ1) is 10.3. The second-order valence-electron chi connectivity index (χ2n) is 5.13. The van der Waals surface area contributed by atoms with Crippen LogP contribution >= 0.6 is 0 Å². The zero-order chi connectivity index (χ0) is 16.4. The standard InChI is InChI=1S/C16H17FN2O3/c1-9-8-14(15(20)18-10(2)16(21)22)11(3)19(9)13-6-4-12(17)5-7-13/h4-8,10H,1-3H3,(H,18,20)(H,21,22)/t10-/m0/s1. The molecular formula is C16H17FN2O3. The van der Waals surface area contributed by atoms with Crippen LogP contribution in [0.3, 0.4) is 0 Å². The first kappa shape index (κ1) is 15.8. The van der Waals surface area contributed by atoms with Crippen molar-refractivity contribution in [2.45, 2.75) is 26.8 Å². The molecule has 2 rings (SSSR count). The number of benzene rings is 1. The molecule has 0 fully saturated rings. The third-order valence-corrected chi connectivity index (χ3v) is 3.48. The number of carboxylic acid groups (broad SMARTS) is 1. The number of nitrogens with zero attached hydrogens (tertiary/aromatic N) is 1. The lowest BCUT2D eigenvalue weighted by atomic mass is 10.2. The maximum Gasteiger partial charge on any atom is 0.325 e. The predicted octanol–water partition coefficient (Wildman–Crippen LogP) is 2.44. The molecule has 0 spiro atoms. The number of hydrogen-bond donors (Lipinski definition) is 2. The summed E-state index contributed by atoms with van der Waals surface area (Å²) in [5, 5.41) is 11.3. The lowest BCUT2D eigenvalue weighted by Crippen LogP contribution is -2.38. The maximum atomic E-state index is 13.0. The third kappa shape index (κ3) is 3.00. The van der Waals surface area contributed by atoms with Crippen LogP contribution in [-0.2, 0) is 4.79 Å². The van der Waals surface area contributed by atoms with Gasteiger partial charge in [-0.3, -0.25) is 9.59 Å². The van der Waals surface area contributed by atoms with Crippen LogP contribution in [0, 0.1) is 19.7 Å². The zero-order valence-electron chi connectivity index (χ0n) is 12.6. The fourth-order valence-corrected chi connectivity index (χ4v) is 2.32. The highest BCUT2D eigenvalue weighted by Gasteiger charge is 2.20. The number of carboxylic acids is 1. The van der Waals surface area contributed by atoms with Crippen molar-refractivity contribution in [2.75, 3.05) is 0 Å². The molecule has 2 aromatic rings. The molecule has 0 aliphatic rings. The van der Waals surface area contributed by atoms with Gasteiger partial charge in [-0.1, -0.05) is 0 Å². The van der Waals surface area contributed by atoms with Gasteiger partial charge < -0.3 is 15.0 Å². The summed E-state index contributed by atoms with van der Waals surface area (Å²) in [6.45, 7) is 4.99. The molecule has 0 saturated carbocycles. The van der Waals surface area contributed by atoms with E-state index in [4.69, 9.17) is 5.11 Å². The summed E-state index contributed by atoms with van der Waals surface area (Å²) in [5.41, 5.74) is 2.60. The number of halogens is 1. The molecule has 0 saturated heterocycles. The number of carbonyl (C=O) groups is 2. The van der Waals surface area contributed by atoms with Crippen LogP contribution in [0.25, 0.3) is 5.69 Å². The molecule has 0 radical (unpaired) electrons. The number of carbonyl (C=O) groups excluding carboxylic acids is 1. The number of amides is 1.